The van der Waals surface area contributed by atoms with Crippen LogP contribution in [0.5, 0.6) is 0 Å². The highest BCUT2D eigenvalue weighted by atomic mass is 16.5. The first-order valence-corrected chi connectivity index (χ1v) is 5.05. The number of nitrogens with one attached hydrogen (secondary N) is 1. The highest BCUT2D eigenvalue weighted by Gasteiger charge is 1.93. The molecule has 0 aliphatic heterocycles. The van der Waals surface area contributed by atoms with Crippen molar-refractivity contribution in [3.05, 3.63) is 0 Å². The van der Waals surface area contributed by atoms with E-state index < -0.39 is 0 Å². The SMILES string of the molecule is CCNCCCOCCC(C)C. The zero-order chi connectivity index (χ0) is 9.23. The Morgan fingerprint density at radius 1 is 1.25 bits per heavy atom. The summed E-state index contributed by atoms with van der Waals surface area (Å²) in [7, 11) is 0. The highest BCUT2D eigenvalue weighted by Crippen LogP contribution is 1.98. The van der Waals surface area contributed by atoms with Crippen LogP contribution in [0.1, 0.15) is 33.6 Å². The third-order valence-electron chi connectivity index (χ3n) is 1.73. The second-order valence-corrected chi connectivity index (χ2v) is 3.50. The third kappa shape index (κ3) is 9.92. The van der Waals surface area contributed by atoms with Gasteiger partial charge in [0, 0.05) is 13.2 Å². The Hall–Kier alpha value is -0.0800. The second kappa shape index (κ2) is 9.01. The van der Waals surface area contributed by atoms with Gasteiger partial charge in [-0.25, -0.2) is 0 Å². The van der Waals surface area contributed by atoms with E-state index in [4.69, 9.17) is 4.74 Å². The van der Waals surface area contributed by atoms with Crippen molar-refractivity contribution in [1.82, 2.24) is 5.32 Å². The van der Waals surface area contributed by atoms with Gasteiger partial charge in [0.1, 0.15) is 0 Å². The highest BCUT2D eigenvalue weighted by molar-refractivity contribution is 4.45. The molecule has 2 heteroatoms. The lowest BCUT2D eigenvalue weighted by molar-refractivity contribution is 0.121. The van der Waals surface area contributed by atoms with Gasteiger partial charge in [-0.15, -0.1) is 0 Å². The Kier molecular flexibility index (Phi) is 8.95. The molecule has 0 aromatic rings. The molecule has 0 aliphatic rings. The van der Waals surface area contributed by atoms with Crippen molar-refractivity contribution < 1.29 is 4.74 Å². The molecule has 0 atom stereocenters. The Labute approximate surface area is 76.7 Å². The van der Waals surface area contributed by atoms with E-state index in [1.54, 1.807) is 0 Å². The summed E-state index contributed by atoms with van der Waals surface area (Å²) >= 11 is 0. The molecule has 0 saturated heterocycles. The summed E-state index contributed by atoms with van der Waals surface area (Å²) in [6.07, 6.45) is 2.31. The number of hydrogen-bond donors (Lipinski definition) is 1. The van der Waals surface area contributed by atoms with Crippen molar-refractivity contribution in [3.8, 4) is 0 Å². The molecule has 0 bridgehead atoms. The van der Waals surface area contributed by atoms with Crippen LogP contribution in [0.2, 0.25) is 0 Å². The lowest BCUT2D eigenvalue weighted by Gasteiger charge is -2.06. The first-order chi connectivity index (χ1) is 5.77. The summed E-state index contributed by atoms with van der Waals surface area (Å²) < 4.78 is 5.45. The first kappa shape index (κ1) is 11.9. The van der Waals surface area contributed by atoms with Crippen molar-refractivity contribution in [2.24, 2.45) is 5.92 Å². The van der Waals surface area contributed by atoms with Gasteiger partial charge in [-0.3, -0.25) is 0 Å². The quantitative estimate of drug-likeness (QED) is 0.567. The van der Waals surface area contributed by atoms with Crippen molar-refractivity contribution >= 4 is 0 Å². The smallest absolute Gasteiger partial charge is 0.0478 e. The Balaban J connectivity index is 2.82. The van der Waals surface area contributed by atoms with E-state index in [0.29, 0.717) is 0 Å². The van der Waals surface area contributed by atoms with Gasteiger partial charge in [-0.2, -0.15) is 0 Å². The predicted molar refractivity (Wildman–Crippen MR) is 53.4 cm³/mol. The van der Waals surface area contributed by atoms with Gasteiger partial charge in [0.05, 0.1) is 0 Å². The monoisotopic (exact) mass is 173 g/mol. The van der Waals surface area contributed by atoms with Crippen LogP contribution in [-0.2, 0) is 4.74 Å². The molecule has 0 aromatic carbocycles. The summed E-state index contributed by atoms with van der Waals surface area (Å²) in [5.41, 5.74) is 0. The molecular formula is C10H23NO. The second-order valence-electron chi connectivity index (χ2n) is 3.50. The maximum Gasteiger partial charge on any atom is 0.0478 e. The van der Waals surface area contributed by atoms with E-state index in [9.17, 15) is 0 Å². The van der Waals surface area contributed by atoms with Crippen LogP contribution < -0.4 is 5.32 Å². The van der Waals surface area contributed by atoms with Crippen molar-refractivity contribution in [2.75, 3.05) is 26.3 Å². The van der Waals surface area contributed by atoms with Crippen LogP contribution >= 0.6 is 0 Å². The Bertz CT molecular complexity index is 83.9. The molecule has 0 aliphatic carbocycles. The fourth-order valence-corrected chi connectivity index (χ4v) is 0.897. The van der Waals surface area contributed by atoms with Crippen LogP contribution in [0.15, 0.2) is 0 Å². The lowest BCUT2D eigenvalue weighted by Crippen LogP contribution is -2.16. The van der Waals surface area contributed by atoms with Gasteiger partial charge in [0.2, 0.25) is 0 Å². The fourth-order valence-electron chi connectivity index (χ4n) is 0.897. The maximum atomic E-state index is 5.45. The molecule has 0 aromatic heterocycles. The third-order valence-corrected chi connectivity index (χ3v) is 1.73. The van der Waals surface area contributed by atoms with Gasteiger partial charge in [0.15, 0.2) is 0 Å². The van der Waals surface area contributed by atoms with E-state index in [-0.39, 0.29) is 0 Å². The minimum absolute atomic E-state index is 0.763. The Morgan fingerprint density at radius 3 is 2.58 bits per heavy atom. The zero-order valence-corrected chi connectivity index (χ0v) is 8.73. The Morgan fingerprint density at radius 2 is 2.00 bits per heavy atom. The average molecular weight is 173 g/mol. The minimum Gasteiger partial charge on any atom is -0.381 e. The number of hydrogen-bond acceptors (Lipinski definition) is 2. The summed E-state index contributed by atoms with van der Waals surface area (Å²) in [6.45, 7) is 10.5. The van der Waals surface area contributed by atoms with Gasteiger partial charge in [0.25, 0.3) is 0 Å². The molecule has 0 unspecified atom stereocenters. The maximum absolute atomic E-state index is 5.45. The molecule has 0 rings (SSSR count). The molecular weight excluding hydrogens is 150 g/mol. The van der Waals surface area contributed by atoms with Crippen molar-refractivity contribution in [3.63, 3.8) is 0 Å². The van der Waals surface area contributed by atoms with Gasteiger partial charge >= 0.3 is 0 Å². The van der Waals surface area contributed by atoms with Crippen LogP contribution in [0.3, 0.4) is 0 Å². The van der Waals surface area contributed by atoms with E-state index in [1.165, 1.54) is 6.42 Å². The minimum atomic E-state index is 0.763. The van der Waals surface area contributed by atoms with Crippen LogP contribution in [0, 0.1) is 5.92 Å². The number of ether oxygens (including phenoxy) is 1. The van der Waals surface area contributed by atoms with Crippen LogP contribution in [0.25, 0.3) is 0 Å². The van der Waals surface area contributed by atoms with Crippen molar-refractivity contribution in [1.29, 1.82) is 0 Å². The molecule has 0 radical (unpaired) electrons. The van der Waals surface area contributed by atoms with E-state index in [1.807, 2.05) is 0 Å². The summed E-state index contributed by atoms with van der Waals surface area (Å²) in [4.78, 5) is 0. The molecule has 0 fully saturated rings. The summed E-state index contributed by atoms with van der Waals surface area (Å²) in [5.74, 6) is 0.763. The van der Waals surface area contributed by atoms with Gasteiger partial charge < -0.3 is 10.1 Å². The first-order valence-electron chi connectivity index (χ1n) is 5.05. The van der Waals surface area contributed by atoms with E-state index in [0.717, 1.165) is 38.6 Å². The van der Waals surface area contributed by atoms with Crippen LogP contribution in [-0.4, -0.2) is 26.3 Å². The summed E-state index contributed by atoms with van der Waals surface area (Å²) in [6, 6.07) is 0. The van der Waals surface area contributed by atoms with Gasteiger partial charge in [-0.05, 0) is 31.8 Å². The summed E-state index contributed by atoms with van der Waals surface area (Å²) in [5, 5.41) is 3.27. The largest absolute Gasteiger partial charge is 0.381 e. The molecule has 74 valence electrons. The average Bonchev–Trinajstić information content (AvgIpc) is 2.02. The molecule has 0 heterocycles. The van der Waals surface area contributed by atoms with E-state index in [2.05, 4.69) is 26.1 Å². The van der Waals surface area contributed by atoms with E-state index >= 15 is 0 Å². The standard InChI is InChI=1S/C10H23NO/c1-4-11-7-5-8-12-9-6-10(2)3/h10-11H,4-9H2,1-3H3. The fraction of sp³-hybridized carbons (Fsp3) is 1.00. The predicted octanol–water partition coefficient (Wildman–Crippen LogP) is 2.05. The molecule has 1 N–H and O–H groups in total. The molecule has 2 nitrogen and oxygen atoms in total. The normalized spacial score (nSPS) is 11.0. The van der Waals surface area contributed by atoms with Crippen molar-refractivity contribution in [2.45, 2.75) is 33.6 Å². The molecule has 12 heavy (non-hydrogen) atoms. The lowest BCUT2D eigenvalue weighted by atomic mass is 10.1. The topological polar surface area (TPSA) is 21.3 Å². The molecule has 0 saturated carbocycles. The molecule has 0 amide bonds. The zero-order valence-electron chi connectivity index (χ0n) is 8.73. The molecule has 0 spiro atoms. The van der Waals surface area contributed by atoms with Gasteiger partial charge in [-0.1, -0.05) is 20.8 Å². The van der Waals surface area contributed by atoms with Crippen LogP contribution in [0.4, 0.5) is 0 Å². The number of rotatable bonds is 8.